The summed E-state index contributed by atoms with van der Waals surface area (Å²) in [5.41, 5.74) is 0.511. The molecule has 39 heavy (non-hydrogen) atoms. The van der Waals surface area contributed by atoms with E-state index in [1.165, 1.54) is 23.1 Å². The molecule has 3 aromatic carbocycles. The van der Waals surface area contributed by atoms with Crippen LogP contribution in [0.3, 0.4) is 0 Å². The molecular weight excluding hydrogens is 585 g/mol. The van der Waals surface area contributed by atoms with Gasteiger partial charge < -0.3 is 10.2 Å². The van der Waals surface area contributed by atoms with E-state index >= 15 is 0 Å². The summed E-state index contributed by atoms with van der Waals surface area (Å²) in [6, 6.07) is 19.5. The van der Waals surface area contributed by atoms with Crippen LogP contribution in [0.4, 0.5) is 10.1 Å². The quantitative estimate of drug-likeness (QED) is 0.337. The summed E-state index contributed by atoms with van der Waals surface area (Å²) in [5, 5.41) is 3.00. The van der Waals surface area contributed by atoms with Crippen LogP contribution in [0.5, 0.6) is 0 Å². The first-order chi connectivity index (χ1) is 18.7. The van der Waals surface area contributed by atoms with Gasteiger partial charge in [-0.1, -0.05) is 65.2 Å². The molecule has 1 saturated carbocycles. The van der Waals surface area contributed by atoms with Crippen LogP contribution < -0.4 is 9.62 Å². The molecule has 1 aliphatic rings. The molecule has 0 heterocycles. The fourth-order valence-corrected chi connectivity index (χ4v) is 6.34. The number of carbonyl (C=O) groups is 2. The van der Waals surface area contributed by atoms with E-state index in [2.05, 4.69) is 21.2 Å². The van der Waals surface area contributed by atoms with Crippen molar-refractivity contribution in [3.8, 4) is 0 Å². The summed E-state index contributed by atoms with van der Waals surface area (Å²) < 4.78 is 43.8. The van der Waals surface area contributed by atoms with Gasteiger partial charge in [0.2, 0.25) is 11.8 Å². The zero-order valence-electron chi connectivity index (χ0n) is 21.6. The number of hydrogen-bond acceptors (Lipinski definition) is 4. The third-order valence-corrected chi connectivity index (χ3v) is 9.21. The normalized spacial score (nSPS) is 14.5. The van der Waals surface area contributed by atoms with E-state index in [-0.39, 0.29) is 34.6 Å². The van der Waals surface area contributed by atoms with Gasteiger partial charge in [0, 0.05) is 22.6 Å². The highest BCUT2D eigenvalue weighted by molar-refractivity contribution is 9.10. The second-order valence-corrected chi connectivity index (χ2v) is 12.4. The van der Waals surface area contributed by atoms with Gasteiger partial charge >= 0.3 is 0 Å². The molecule has 3 aromatic rings. The Kier molecular flexibility index (Phi) is 9.40. The number of rotatable bonds is 10. The first-order valence-electron chi connectivity index (χ1n) is 12.8. The third kappa shape index (κ3) is 7.05. The van der Waals surface area contributed by atoms with E-state index in [4.69, 9.17) is 0 Å². The predicted molar refractivity (Wildman–Crippen MR) is 152 cm³/mol. The predicted octanol–water partition coefficient (Wildman–Crippen LogP) is 5.26. The SMILES string of the molecule is C[C@H](C(=O)NC1CCCC1)N(Cc1ccccc1F)C(=O)CN(c1ccc(Br)cc1)S(=O)(=O)c1ccccc1. The summed E-state index contributed by atoms with van der Waals surface area (Å²) in [6.45, 7) is 0.817. The van der Waals surface area contributed by atoms with Crippen LogP contribution in [0.2, 0.25) is 0 Å². The van der Waals surface area contributed by atoms with E-state index in [0.29, 0.717) is 0 Å². The van der Waals surface area contributed by atoms with E-state index in [1.54, 1.807) is 67.6 Å². The number of hydrogen-bond donors (Lipinski definition) is 1. The summed E-state index contributed by atoms with van der Waals surface area (Å²) in [4.78, 5) is 28.3. The maximum absolute atomic E-state index is 14.6. The van der Waals surface area contributed by atoms with Crippen LogP contribution in [0.1, 0.15) is 38.2 Å². The molecule has 0 aliphatic heterocycles. The lowest BCUT2D eigenvalue weighted by atomic mass is 10.1. The molecule has 7 nitrogen and oxygen atoms in total. The Bertz CT molecular complexity index is 1400. The molecule has 206 valence electrons. The Morgan fingerprint density at radius 2 is 1.59 bits per heavy atom. The van der Waals surface area contributed by atoms with Crippen LogP contribution in [0.25, 0.3) is 0 Å². The highest BCUT2D eigenvalue weighted by atomic mass is 79.9. The van der Waals surface area contributed by atoms with Crippen molar-refractivity contribution in [2.24, 2.45) is 0 Å². The van der Waals surface area contributed by atoms with Gasteiger partial charge in [-0.3, -0.25) is 13.9 Å². The smallest absolute Gasteiger partial charge is 0.264 e. The van der Waals surface area contributed by atoms with E-state index in [9.17, 15) is 22.4 Å². The van der Waals surface area contributed by atoms with Crippen molar-refractivity contribution in [3.05, 3.63) is 94.7 Å². The number of amides is 2. The summed E-state index contributed by atoms with van der Waals surface area (Å²) in [7, 11) is -4.15. The Morgan fingerprint density at radius 3 is 2.23 bits per heavy atom. The van der Waals surface area contributed by atoms with Crippen molar-refractivity contribution in [3.63, 3.8) is 0 Å². The molecule has 0 unspecified atom stereocenters. The highest BCUT2D eigenvalue weighted by Gasteiger charge is 2.33. The number of benzene rings is 3. The fraction of sp³-hybridized carbons (Fsp3) is 0.310. The number of anilines is 1. The van der Waals surface area contributed by atoms with Crippen molar-refractivity contribution >= 4 is 43.5 Å². The number of halogens is 2. The van der Waals surface area contributed by atoms with Gasteiger partial charge in [0.15, 0.2) is 0 Å². The number of nitrogens with one attached hydrogen (secondary N) is 1. The average Bonchev–Trinajstić information content (AvgIpc) is 3.45. The van der Waals surface area contributed by atoms with Gasteiger partial charge in [0.25, 0.3) is 10.0 Å². The third-order valence-electron chi connectivity index (χ3n) is 6.89. The molecule has 0 bridgehead atoms. The molecule has 2 amide bonds. The molecule has 1 N–H and O–H groups in total. The van der Waals surface area contributed by atoms with Gasteiger partial charge in [0.05, 0.1) is 10.6 Å². The molecule has 10 heteroatoms. The Labute approximate surface area is 237 Å². The molecule has 1 atom stereocenters. The van der Waals surface area contributed by atoms with Gasteiger partial charge in [0.1, 0.15) is 18.4 Å². The zero-order chi connectivity index (χ0) is 28.0. The lowest BCUT2D eigenvalue weighted by molar-refractivity contribution is -0.139. The Balaban J connectivity index is 1.68. The summed E-state index contributed by atoms with van der Waals surface area (Å²) >= 11 is 3.36. The standard InChI is InChI=1S/C29H31BrFN3O4S/c1-21(29(36)32-24-10-6-7-11-24)33(19-22-9-5-8-14-27(22)31)28(35)20-34(25-17-15-23(30)16-18-25)39(37,38)26-12-3-2-4-13-26/h2-5,8-9,12-18,21,24H,6-7,10-11,19-20H2,1H3,(H,32,36)/t21-/m1/s1. The monoisotopic (exact) mass is 615 g/mol. The van der Waals surface area contributed by atoms with Crippen LogP contribution in [0.15, 0.2) is 88.2 Å². The highest BCUT2D eigenvalue weighted by Crippen LogP contribution is 2.26. The summed E-state index contributed by atoms with van der Waals surface area (Å²) in [6.07, 6.45) is 3.78. The molecule has 0 saturated heterocycles. The maximum Gasteiger partial charge on any atom is 0.264 e. The van der Waals surface area contributed by atoms with Crippen molar-refractivity contribution in [1.29, 1.82) is 0 Å². The van der Waals surface area contributed by atoms with E-state index < -0.39 is 34.3 Å². The van der Waals surface area contributed by atoms with Crippen molar-refractivity contribution < 1.29 is 22.4 Å². The first-order valence-corrected chi connectivity index (χ1v) is 15.1. The van der Waals surface area contributed by atoms with Crippen molar-refractivity contribution in [2.45, 2.75) is 56.1 Å². The van der Waals surface area contributed by atoms with Gasteiger partial charge in [-0.2, -0.15) is 0 Å². The van der Waals surface area contributed by atoms with Gasteiger partial charge in [-0.25, -0.2) is 12.8 Å². The molecule has 0 aromatic heterocycles. The van der Waals surface area contributed by atoms with Gasteiger partial charge in [-0.15, -0.1) is 0 Å². The Morgan fingerprint density at radius 1 is 0.974 bits per heavy atom. The average molecular weight is 617 g/mol. The van der Waals surface area contributed by atoms with Crippen LogP contribution in [0, 0.1) is 5.82 Å². The first kappa shape index (κ1) is 28.8. The molecular formula is C29H31BrFN3O4S. The zero-order valence-corrected chi connectivity index (χ0v) is 24.0. The molecule has 0 radical (unpaired) electrons. The van der Waals surface area contributed by atoms with Crippen LogP contribution in [-0.2, 0) is 26.2 Å². The molecule has 1 aliphatic carbocycles. The van der Waals surface area contributed by atoms with Crippen molar-refractivity contribution in [2.75, 3.05) is 10.8 Å². The minimum absolute atomic E-state index is 0.0217. The lowest BCUT2D eigenvalue weighted by Gasteiger charge is -2.32. The largest absolute Gasteiger partial charge is 0.352 e. The topological polar surface area (TPSA) is 86.8 Å². The molecule has 0 spiro atoms. The van der Waals surface area contributed by atoms with E-state index in [0.717, 1.165) is 34.5 Å². The number of sulfonamides is 1. The van der Waals surface area contributed by atoms with E-state index in [1.807, 2.05) is 0 Å². The maximum atomic E-state index is 14.6. The number of nitrogens with zero attached hydrogens (tertiary/aromatic N) is 2. The second-order valence-electron chi connectivity index (χ2n) is 9.58. The molecule has 4 rings (SSSR count). The van der Waals surface area contributed by atoms with Crippen LogP contribution in [-0.4, -0.2) is 43.8 Å². The van der Waals surface area contributed by atoms with Crippen molar-refractivity contribution in [1.82, 2.24) is 10.2 Å². The minimum Gasteiger partial charge on any atom is -0.352 e. The fourth-order valence-electron chi connectivity index (χ4n) is 4.64. The summed E-state index contributed by atoms with van der Waals surface area (Å²) in [5.74, 6) is -1.50. The second kappa shape index (κ2) is 12.7. The lowest BCUT2D eigenvalue weighted by Crippen LogP contribution is -2.52. The minimum atomic E-state index is -4.15. The number of carbonyl (C=O) groups excluding carboxylic acids is 2. The van der Waals surface area contributed by atoms with Crippen LogP contribution >= 0.6 is 15.9 Å². The molecule has 1 fully saturated rings. The Hall–Kier alpha value is -3.24. The van der Waals surface area contributed by atoms with Gasteiger partial charge in [-0.05, 0) is 62.2 Å².